The molecule has 0 aliphatic carbocycles. The number of amides is 2. The Hall–Kier alpha value is -2.62. The zero-order valence-electron chi connectivity index (χ0n) is 11.8. The number of carboxylic acids is 1. The number of benzene rings is 1. The van der Waals surface area contributed by atoms with Crippen LogP contribution >= 0.6 is 0 Å². The molecule has 0 heterocycles. The van der Waals surface area contributed by atoms with Gasteiger partial charge in [0, 0.05) is 12.6 Å². The summed E-state index contributed by atoms with van der Waals surface area (Å²) in [5, 5.41) is 20.0. The zero-order chi connectivity index (χ0) is 16.0. The number of anilines is 1. The van der Waals surface area contributed by atoms with Crippen LogP contribution < -0.4 is 5.32 Å². The molecule has 0 aliphatic rings. The number of hydrogen-bond donors (Lipinski definition) is 2. The fourth-order valence-corrected chi connectivity index (χ4v) is 1.75. The van der Waals surface area contributed by atoms with E-state index in [1.165, 1.54) is 11.0 Å². The van der Waals surface area contributed by atoms with E-state index < -0.39 is 17.8 Å². The molecule has 0 fully saturated rings. The van der Waals surface area contributed by atoms with Crippen LogP contribution in [0, 0.1) is 17.1 Å². The predicted molar refractivity (Wildman–Crippen MR) is 74.5 cm³/mol. The summed E-state index contributed by atoms with van der Waals surface area (Å²) >= 11 is 0. The number of aromatic carboxylic acids is 1. The summed E-state index contributed by atoms with van der Waals surface area (Å²) in [4.78, 5) is 24.6. The Morgan fingerprint density at radius 3 is 2.67 bits per heavy atom. The lowest BCUT2D eigenvalue weighted by atomic mass is 10.1. The molecule has 0 aliphatic heterocycles. The van der Waals surface area contributed by atoms with Crippen molar-refractivity contribution in [2.45, 2.75) is 26.3 Å². The Bertz CT molecular complexity index is 581. The highest BCUT2D eigenvalue weighted by atomic mass is 19.1. The molecule has 21 heavy (non-hydrogen) atoms. The number of nitriles is 1. The smallest absolute Gasteiger partial charge is 0.337 e. The molecular weight excluding hydrogens is 277 g/mol. The first-order chi connectivity index (χ1) is 9.86. The summed E-state index contributed by atoms with van der Waals surface area (Å²) in [6.07, 6.45) is 0.167. The molecule has 0 saturated heterocycles. The van der Waals surface area contributed by atoms with Gasteiger partial charge in [0.1, 0.15) is 5.82 Å². The lowest BCUT2D eigenvalue weighted by molar-refractivity contribution is 0.0697. The van der Waals surface area contributed by atoms with E-state index in [1.807, 2.05) is 6.07 Å². The molecule has 1 aromatic rings. The molecule has 0 saturated carbocycles. The minimum atomic E-state index is -1.34. The number of rotatable bonds is 5. The molecule has 1 rings (SSSR count). The molecule has 0 radical (unpaired) electrons. The van der Waals surface area contributed by atoms with Crippen LogP contribution in [0.3, 0.4) is 0 Å². The fraction of sp³-hybridized carbons (Fsp3) is 0.357. The minimum Gasteiger partial charge on any atom is -0.478 e. The van der Waals surface area contributed by atoms with E-state index in [1.54, 1.807) is 13.8 Å². The number of carbonyl (C=O) groups is 2. The van der Waals surface area contributed by atoms with E-state index in [-0.39, 0.29) is 30.3 Å². The maximum atomic E-state index is 13.1. The van der Waals surface area contributed by atoms with E-state index >= 15 is 0 Å². The summed E-state index contributed by atoms with van der Waals surface area (Å²) in [6.45, 7) is 3.78. The number of nitrogens with one attached hydrogen (secondary N) is 1. The Kier molecular flexibility index (Phi) is 5.67. The van der Waals surface area contributed by atoms with Crippen molar-refractivity contribution in [3.05, 3.63) is 29.6 Å². The number of hydrogen-bond acceptors (Lipinski definition) is 3. The highest BCUT2D eigenvalue weighted by Gasteiger charge is 2.19. The number of nitrogens with zero attached hydrogens (tertiary/aromatic N) is 2. The van der Waals surface area contributed by atoms with E-state index in [9.17, 15) is 14.0 Å². The molecule has 0 unspecified atom stereocenters. The molecule has 0 atom stereocenters. The summed E-state index contributed by atoms with van der Waals surface area (Å²) in [7, 11) is 0. The summed E-state index contributed by atoms with van der Waals surface area (Å²) in [5.41, 5.74) is -0.316. The van der Waals surface area contributed by atoms with Crippen LogP contribution in [0.4, 0.5) is 14.9 Å². The predicted octanol–water partition coefficient (Wildman–Crippen LogP) is 2.68. The lowest BCUT2D eigenvalue weighted by Crippen LogP contribution is -2.40. The quantitative estimate of drug-likeness (QED) is 0.872. The molecule has 0 spiro atoms. The molecule has 0 bridgehead atoms. The van der Waals surface area contributed by atoms with Gasteiger partial charge in [0.15, 0.2) is 0 Å². The SMILES string of the molecule is CC(C)N(CCC#N)C(=O)Nc1ccc(F)cc1C(=O)O. The van der Waals surface area contributed by atoms with Crippen molar-refractivity contribution in [3.8, 4) is 6.07 Å². The Morgan fingerprint density at radius 1 is 1.48 bits per heavy atom. The van der Waals surface area contributed by atoms with Crippen molar-refractivity contribution >= 4 is 17.7 Å². The number of carbonyl (C=O) groups excluding carboxylic acids is 1. The van der Waals surface area contributed by atoms with E-state index in [4.69, 9.17) is 10.4 Å². The van der Waals surface area contributed by atoms with Crippen LogP contribution in [0.2, 0.25) is 0 Å². The molecule has 7 heteroatoms. The third kappa shape index (κ3) is 4.45. The van der Waals surface area contributed by atoms with Crippen molar-refractivity contribution in [1.82, 2.24) is 4.90 Å². The molecule has 112 valence electrons. The third-order valence-corrected chi connectivity index (χ3v) is 2.80. The van der Waals surface area contributed by atoms with Crippen molar-refractivity contribution in [2.75, 3.05) is 11.9 Å². The molecule has 2 N–H and O–H groups in total. The zero-order valence-corrected chi connectivity index (χ0v) is 11.8. The van der Waals surface area contributed by atoms with Gasteiger partial charge < -0.3 is 15.3 Å². The Balaban J connectivity index is 2.96. The van der Waals surface area contributed by atoms with Gasteiger partial charge in [-0.1, -0.05) is 0 Å². The first-order valence-electron chi connectivity index (χ1n) is 6.34. The van der Waals surface area contributed by atoms with Crippen molar-refractivity contribution in [2.24, 2.45) is 0 Å². The van der Waals surface area contributed by atoms with Crippen LogP contribution in [0.15, 0.2) is 18.2 Å². The first-order valence-corrected chi connectivity index (χ1v) is 6.34. The highest BCUT2D eigenvalue weighted by Crippen LogP contribution is 2.18. The number of urea groups is 1. The largest absolute Gasteiger partial charge is 0.478 e. The van der Waals surface area contributed by atoms with Crippen LogP contribution in [0.5, 0.6) is 0 Å². The standard InChI is InChI=1S/C14H16FN3O3/c1-9(2)18(7-3-6-16)14(21)17-12-5-4-10(15)8-11(12)13(19)20/h4-5,8-9H,3,7H2,1-2H3,(H,17,21)(H,19,20). The second kappa shape index (κ2) is 7.24. The monoisotopic (exact) mass is 293 g/mol. The second-order valence-corrected chi connectivity index (χ2v) is 4.62. The first kappa shape index (κ1) is 16.4. The van der Waals surface area contributed by atoms with Crippen LogP contribution in [0.1, 0.15) is 30.6 Å². The van der Waals surface area contributed by atoms with Crippen molar-refractivity contribution < 1.29 is 19.1 Å². The van der Waals surface area contributed by atoms with Gasteiger partial charge in [-0.25, -0.2) is 14.0 Å². The third-order valence-electron chi connectivity index (χ3n) is 2.80. The maximum absolute atomic E-state index is 13.1. The van der Waals surface area contributed by atoms with Crippen LogP contribution in [-0.2, 0) is 0 Å². The molecule has 2 amide bonds. The van der Waals surface area contributed by atoms with Crippen molar-refractivity contribution in [3.63, 3.8) is 0 Å². The topological polar surface area (TPSA) is 93.4 Å². The Labute approximate surface area is 121 Å². The van der Waals surface area contributed by atoms with E-state index in [0.717, 1.165) is 12.1 Å². The van der Waals surface area contributed by atoms with E-state index in [2.05, 4.69) is 5.32 Å². The summed E-state index contributed by atoms with van der Waals surface area (Å²) in [6, 6.07) is 4.35. The van der Waals surface area contributed by atoms with Gasteiger partial charge in [0.05, 0.1) is 23.7 Å². The average molecular weight is 293 g/mol. The van der Waals surface area contributed by atoms with Crippen LogP contribution in [-0.4, -0.2) is 34.6 Å². The van der Waals surface area contributed by atoms with Gasteiger partial charge in [-0.05, 0) is 32.0 Å². The molecule has 1 aromatic carbocycles. The van der Waals surface area contributed by atoms with Crippen molar-refractivity contribution in [1.29, 1.82) is 5.26 Å². The normalized spacial score (nSPS) is 10.0. The fourth-order valence-electron chi connectivity index (χ4n) is 1.75. The number of halogens is 1. The highest BCUT2D eigenvalue weighted by molar-refractivity contribution is 6.00. The van der Waals surface area contributed by atoms with Gasteiger partial charge in [-0.2, -0.15) is 5.26 Å². The molecule has 0 aromatic heterocycles. The lowest BCUT2D eigenvalue weighted by Gasteiger charge is -2.26. The van der Waals surface area contributed by atoms with Gasteiger partial charge in [0.25, 0.3) is 0 Å². The van der Waals surface area contributed by atoms with Gasteiger partial charge in [-0.15, -0.1) is 0 Å². The van der Waals surface area contributed by atoms with Crippen LogP contribution in [0.25, 0.3) is 0 Å². The number of carboxylic acid groups (broad SMARTS) is 1. The Morgan fingerprint density at radius 2 is 2.14 bits per heavy atom. The molecule has 6 nitrogen and oxygen atoms in total. The molecular formula is C14H16FN3O3. The average Bonchev–Trinajstić information content (AvgIpc) is 2.40. The van der Waals surface area contributed by atoms with E-state index in [0.29, 0.717) is 0 Å². The van der Waals surface area contributed by atoms with Gasteiger partial charge in [-0.3, -0.25) is 0 Å². The minimum absolute atomic E-state index is 0.0107. The summed E-state index contributed by atoms with van der Waals surface area (Å²) in [5.74, 6) is -2.03. The maximum Gasteiger partial charge on any atom is 0.337 e. The van der Waals surface area contributed by atoms with Gasteiger partial charge >= 0.3 is 12.0 Å². The summed E-state index contributed by atoms with van der Waals surface area (Å²) < 4.78 is 13.1. The van der Waals surface area contributed by atoms with Gasteiger partial charge in [0.2, 0.25) is 0 Å². The second-order valence-electron chi connectivity index (χ2n) is 4.62.